The Morgan fingerprint density at radius 2 is 1.87 bits per heavy atom. The van der Waals surface area contributed by atoms with Crippen molar-refractivity contribution in [1.29, 1.82) is 0 Å². The van der Waals surface area contributed by atoms with Crippen LogP contribution in [0.3, 0.4) is 0 Å². The highest BCUT2D eigenvalue weighted by atomic mass is 16.5. The molecule has 0 aromatic heterocycles. The van der Waals surface area contributed by atoms with Crippen LogP contribution in [0.2, 0.25) is 0 Å². The van der Waals surface area contributed by atoms with Crippen molar-refractivity contribution >= 4 is 11.6 Å². The summed E-state index contributed by atoms with van der Waals surface area (Å²) in [6.45, 7) is 3.16. The summed E-state index contributed by atoms with van der Waals surface area (Å²) in [6, 6.07) is 17.8. The predicted octanol–water partition coefficient (Wildman–Crippen LogP) is 3.12. The molecule has 3 N–H and O–H groups in total. The van der Waals surface area contributed by atoms with E-state index in [1.807, 2.05) is 49.4 Å². The summed E-state index contributed by atoms with van der Waals surface area (Å²) in [5, 5.41) is 3.15. The molecule has 4 heteroatoms. The number of ether oxygens (including phenoxy) is 1. The molecule has 0 spiro atoms. The Morgan fingerprint density at radius 1 is 1.13 bits per heavy atom. The van der Waals surface area contributed by atoms with Gasteiger partial charge in [-0.15, -0.1) is 0 Å². The third-order valence-electron chi connectivity index (χ3n) is 3.67. The van der Waals surface area contributed by atoms with E-state index >= 15 is 0 Å². The largest absolute Gasteiger partial charge is 0.376 e. The van der Waals surface area contributed by atoms with E-state index in [1.165, 1.54) is 5.56 Å². The van der Waals surface area contributed by atoms with Crippen molar-refractivity contribution in [3.63, 3.8) is 0 Å². The number of nitrogens with one attached hydrogen (secondary N) is 1. The van der Waals surface area contributed by atoms with Crippen molar-refractivity contribution in [2.45, 2.75) is 32.4 Å². The number of benzene rings is 2. The first-order valence-corrected chi connectivity index (χ1v) is 7.95. The first-order valence-electron chi connectivity index (χ1n) is 7.95. The molecule has 0 heterocycles. The number of anilines is 1. The van der Waals surface area contributed by atoms with Gasteiger partial charge in [0.05, 0.1) is 13.2 Å². The monoisotopic (exact) mass is 312 g/mol. The first-order chi connectivity index (χ1) is 11.2. The Kier molecular flexibility index (Phi) is 6.63. The number of amides is 1. The van der Waals surface area contributed by atoms with Gasteiger partial charge in [0.2, 0.25) is 5.91 Å². The molecule has 1 atom stereocenters. The van der Waals surface area contributed by atoms with Crippen LogP contribution in [0.4, 0.5) is 5.69 Å². The van der Waals surface area contributed by atoms with Crippen molar-refractivity contribution in [3.05, 3.63) is 65.7 Å². The second kappa shape index (κ2) is 8.96. The Bertz CT molecular complexity index is 614. The average molecular weight is 312 g/mol. The molecule has 0 bridgehead atoms. The fourth-order valence-corrected chi connectivity index (χ4v) is 2.35. The second-order valence-electron chi connectivity index (χ2n) is 5.50. The fraction of sp³-hybridized carbons (Fsp3) is 0.316. The van der Waals surface area contributed by atoms with E-state index in [0.717, 1.165) is 17.7 Å². The van der Waals surface area contributed by atoms with E-state index in [0.29, 0.717) is 19.6 Å². The van der Waals surface area contributed by atoms with Crippen molar-refractivity contribution in [2.75, 3.05) is 11.9 Å². The van der Waals surface area contributed by atoms with Gasteiger partial charge >= 0.3 is 0 Å². The minimum Gasteiger partial charge on any atom is -0.376 e. The second-order valence-corrected chi connectivity index (χ2v) is 5.50. The van der Waals surface area contributed by atoms with Crippen LogP contribution in [0.1, 0.15) is 24.5 Å². The van der Waals surface area contributed by atoms with Crippen molar-refractivity contribution in [2.24, 2.45) is 5.73 Å². The molecule has 2 rings (SSSR count). The maximum Gasteiger partial charge on any atom is 0.239 e. The third kappa shape index (κ3) is 5.75. The summed E-state index contributed by atoms with van der Waals surface area (Å²) < 4.78 is 5.74. The van der Waals surface area contributed by atoms with Gasteiger partial charge in [0.1, 0.15) is 6.04 Å². The molecule has 0 radical (unpaired) electrons. The van der Waals surface area contributed by atoms with Crippen LogP contribution in [0, 0.1) is 0 Å². The molecule has 23 heavy (non-hydrogen) atoms. The van der Waals surface area contributed by atoms with Crippen LogP contribution in [0.15, 0.2) is 54.6 Å². The van der Waals surface area contributed by atoms with Crippen LogP contribution in [-0.4, -0.2) is 18.6 Å². The highest BCUT2D eigenvalue weighted by Gasteiger charge is 2.12. The number of hydrogen-bond donors (Lipinski definition) is 2. The van der Waals surface area contributed by atoms with Gasteiger partial charge in [0.25, 0.3) is 0 Å². The Morgan fingerprint density at radius 3 is 2.57 bits per heavy atom. The summed E-state index contributed by atoms with van der Waals surface area (Å²) in [6.07, 6.45) is 1.56. The summed E-state index contributed by atoms with van der Waals surface area (Å²) in [5.74, 6) is -0.336. The van der Waals surface area contributed by atoms with Gasteiger partial charge in [-0.3, -0.25) is 4.79 Å². The van der Waals surface area contributed by atoms with Crippen LogP contribution in [0.25, 0.3) is 0 Å². The molecule has 0 aliphatic carbocycles. The quantitative estimate of drug-likeness (QED) is 0.699. The van der Waals surface area contributed by atoms with E-state index < -0.39 is 0 Å². The number of hydrogen-bond acceptors (Lipinski definition) is 3. The van der Waals surface area contributed by atoms with Crippen LogP contribution < -0.4 is 11.1 Å². The lowest BCUT2D eigenvalue weighted by atomic mass is 10.1. The molecule has 2 aromatic carbocycles. The first kappa shape index (κ1) is 17.0. The van der Waals surface area contributed by atoms with Gasteiger partial charge < -0.3 is 15.8 Å². The van der Waals surface area contributed by atoms with Gasteiger partial charge in [-0.05, 0) is 36.1 Å². The van der Waals surface area contributed by atoms with Gasteiger partial charge in [-0.1, -0.05) is 49.4 Å². The van der Waals surface area contributed by atoms with E-state index in [1.54, 1.807) is 0 Å². The highest BCUT2D eigenvalue weighted by molar-refractivity contribution is 5.82. The van der Waals surface area contributed by atoms with Gasteiger partial charge in [0, 0.05) is 5.69 Å². The Balaban J connectivity index is 1.81. The molecule has 0 saturated heterocycles. The van der Waals surface area contributed by atoms with E-state index in [2.05, 4.69) is 17.4 Å². The summed E-state index contributed by atoms with van der Waals surface area (Å²) in [4.78, 5) is 11.3. The lowest BCUT2D eigenvalue weighted by Crippen LogP contribution is -2.34. The lowest BCUT2D eigenvalue weighted by molar-refractivity contribution is -0.118. The van der Waals surface area contributed by atoms with Crippen LogP contribution >= 0.6 is 0 Å². The molecule has 0 fully saturated rings. The summed E-state index contributed by atoms with van der Waals surface area (Å²) >= 11 is 0. The fourth-order valence-electron chi connectivity index (χ4n) is 2.35. The Hall–Kier alpha value is -2.33. The molecular formula is C19H24N2O2. The van der Waals surface area contributed by atoms with Crippen molar-refractivity contribution < 1.29 is 9.53 Å². The summed E-state index contributed by atoms with van der Waals surface area (Å²) in [5.41, 5.74) is 8.59. The van der Waals surface area contributed by atoms with E-state index in [-0.39, 0.29) is 11.9 Å². The molecule has 122 valence electrons. The van der Waals surface area contributed by atoms with Gasteiger partial charge in [-0.25, -0.2) is 0 Å². The molecule has 1 amide bonds. The smallest absolute Gasteiger partial charge is 0.239 e. The minimum absolute atomic E-state index is 0.336. The maximum absolute atomic E-state index is 11.3. The number of carbonyl (C=O) groups is 1. The zero-order valence-corrected chi connectivity index (χ0v) is 13.5. The van der Waals surface area contributed by atoms with Crippen LogP contribution in [0.5, 0.6) is 0 Å². The number of nitrogens with two attached hydrogens (primary N) is 1. The molecular weight excluding hydrogens is 288 g/mol. The average Bonchev–Trinajstić information content (AvgIpc) is 2.57. The predicted molar refractivity (Wildman–Crippen MR) is 93.1 cm³/mol. The third-order valence-corrected chi connectivity index (χ3v) is 3.67. The van der Waals surface area contributed by atoms with Crippen molar-refractivity contribution in [1.82, 2.24) is 0 Å². The molecule has 0 saturated carbocycles. The van der Waals surface area contributed by atoms with E-state index in [9.17, 15) is 4.79 Å². The SMILES string of the molecule is CC[C@@H](Nc1cccc(COCCc2ccccc2)c1)C(N)=O. The van der Waals surface area contributed by atoms with Crippen molar-refractivity contribution in [3.8, 4) is 0 Å². The minimum atomic E-state index is -0.343. The zero-order valence-electron chi connectivity index (χ0n) is 13.5. The molecule has 0 aliphatic heterocycles. The van der Waals surface area contributed by atoms with Gasteiger partial charge in [-0.2, -0.15) is 0 Å². The molecule has 0 aliphatic rings. The molecule has 2 aromatic rings. The van der Waals surface area contributed by atoms with E-state index in [4.69, 9.17) is 10.5 Å². The normalized spacial score (nSPS) is 11.9. The molecule has 0 unspecified atom stereocenters. The molecule has 4 nitrogen and oxygen atoms in total. The van der Waals surface area contributed by atoms with Crippen LogP contribution in [-0.2, 0) is 22.6 Å². The number of primary amides is 1. The van der Waals surface area contributed by atoms with Gasteiger partial charge in [0.15, 0.2) is 0 Å². The Labute approximate surface area is 137 Å². The lowest BCUT2D eigenvalue weighted by Gasteiger charge is -2.15. The summed E-state index contributed by atoms with van der Waals surface area (Å²) in [7, 11) is 0. The number of rotatable bonds is 9. The maximum atomic E-state index is 11.3. The standard InChI is InChI=1S/C19H24N2O2/c1-2-18(19(20)22)21-17-10-6-9-16(13-17)14-23-12-11-15-7-4-3-5-8-15/h3-10,13,18,21H,2,11-12,14H2,1H3,(H2,20,22)/t18-/m1/s1. The topological polar surface area (TPSA) is 64.3 Å². The zero-order chi connectivity index (χ0) is 16.5. The highest BCUT2D eigenvalue weighted by Crippen LogP contribution is 2.14. The number of carbonyl (C=O) groups excluding carboxylic acids is 1.